The number of hydrogen-bond acceptors (Lipinski definition) is 3. The summed E-state index contributed by atoms with van der Waals surface area (Å²) in [4.78, 5) is 0. The Kier molecular flexibility index (Phi) is 2.21. The van der Waals surface area contributed by atoms with Gasteiger partial charge in [-0.05, 0) is 42.2 Å². The van der Waals surface area contributed by atoms with E-state index in [0.717, 1.165) is 16.8 Å². The van der Waals surface area contributed by atoms with Crippen molar-refractivity contribution < 1.29 is 4.39 Å². The molecule has 0 atom stereocenters. The summed E-state index contributed by atoms with van der Waals surface area (Å²) in [6, 6.07) is 4.92. The highest BCUT2D eigenvalue weighted by atomic mass is 32.1. The molecule has 0 aliphatic carbocycles. The van der Waals surface area contributed by atoms with E-state index in [4.69, 9.17) is 5.73 Å². The molecule has 1 heterocycles. The molecule has 2 N–H and O–H groups in total. The number of aryl methyl sites for hydroxylation is 1. The average molecular weight is 208 g/mol. The Hall–Kier alpha value is -1.42. The number of benzene rings is 1. The molecule has 1 aromatic heterocycles. The summed E-state index contributed by atoms with van der Waals surface area (Å²) in [5.74, 6) is -0.390. The van der Waals surface area contributed by atoms with E-state index >= 15 is 0 Å². The number of anilines is 1. The molecule has 2 nitrogen and oxygen atoms in total. The van der Waals surface area contributed by atoms with Gasteiger partial charge in [0.2, 0.25) is 0 Å². The number of nitrogens with two attached hydrogens (primary N) is 1. The minimum Gasteiger partial charge on any atom is -0.396 e. The molecule has 4 heteroatoms. The van der Waals surface area contributed by atoms with E-state index in [-0.39, 0.29) is 5.69 Å². The molecular formula is C10H9FN2S. The lowest BCUT2D eigenvalue weighted by Gasteiger charge is -2.04. The normalized spacial score (nSPS) is 10.4. The van der Waals surface area contributed by atoms with E-state index in [9.17, 15) is 4.39 Å². The summed E-state index contributed by atoms with van der Waals surface area (Å²) in [5.41, 5.74) is 8.17. The molecule has 0 unspecified atom stereocenters. The van der Waals surface area contributed by atoms with Crippen LogP contribution in [-0.4, -0.2) is 4.37 Å². The molecule has 0 saturated carbocycles. The first-order valence-corrected chi connectivity index (χ1v) is 4.98. The summed E-state index contributed by atoms with van der Waals surface area (Å²) < 4.78 is 17.4. The highest BCUT2D eigenvalue weighted by Crippen LogP contribution is 2.26. The minimum atomic E-state index is -0.390. The van der Waals surface area contributed by atoms with E-state index in [2.05, 4.69) is 4.37 Å². The number of hydrogen-bond donors (Lipinski definition) is 1. The Balaban J connectivity index is 2.60. The van der Waals surface area contributed by atoms with Gasteiger partial charge in [0.1, 0.15) is 5.82 Å². The van der Waals surface area contributed by atoms with E-state index < -0.39 is 5.82 Å². The van der Waals surface area contributed by atoms with Crippen molar-refractivity contribution in [2.75, 3.05) is 5.73 Å². The highest BCUT2D eigenvalue weighted by Gasteiger charge is 2.07. The average Bonchev–Trinajstić information content (AvgIpc) is 2.64. The van der Waals surface area contributed by atoms with Crippen molar-refractivity contribution in [2.24, 2.45) is 0 Å². The van der Waals surface area contributed by atoms with Crippen molar-refractivity contribution in [1.82, 2.24) is 4.37 Å². The molecule has 0 bridgehead atoms. The first kappa shape index (κ1) is 9.15. The molecular weight excluding hydrogens is 199 g/mol. The van der Waals surface area contributed by atoms with Gasteiger partial charge in [0.05, 0.1) is 11.4 Å². The van der Waals surface area contributed by atoms with Crippen LogP contribution in [0.4, 0.5) is 10.1 Å². The second-order valence-corrected chi connectivity index (χ2v) is 3.74. The Bertz CT molecular complexity index is 451. The van der Waals surface area contributed by atoms with E-state index in [0.29, 0.717) is 0 Å². The van der Waals surface area contributed by atoms with Crippen molar-refractivity contribution in [2.45, 2.75) is 6.92 Å². The zero-order chi connectivity index (χ0) is 10.1. The van der Waals surface area contributed by atoms with Gasteiger partial charge in [-0.2, -0.15) is 4.37 Å². The number of halogens is 1. The molecule has 0 amide bonds. The second-order valence-electron chi connectivity index (χ2n) is 3.07. The van der Waals surface area contributed by atoms with Crippen LogP contribution in [0.15, 0.2) is 23.6 Å². The molecule has 0 spiro atoms. The maximum Gasteiger partial charge on any atom is 0.146 e. The van der Waals surface area contributed by atoms with Gasteiger partial charge in [0.15, 0.2) is 0 Å². The third-order valence-electron chi connectivity index (χ3n) is 2.06. The summed E-state index contributed by atoms with van der Waals surface area (Å²) in [6.45, 7) is 1.89. The summed E-state index contributed by atoms with van der Waals surface area (Å²) in [6.07, 6.45) is 0. The van der Waals surface area contributed by atoms with Gasteiger partial charge in [-0.25, -0.2) is 4.39 Å². The van der Waals surface area contributed by atoms with Crippen LogP contribution in [0.25, 0.3) is 11.3 Å². The number of nitrogens with zero attached hydrogens (tertiary/aromatic N) is 1. The van der Waals surface area contributed by atoms with Gasteiger partial charge < -0.3 is 5.73 Å². The second kappa shape index (κ2) is 3.38. The lowest BCUT2D eigenvalue weighted by atomic mass is 10.0. The molecule has 2 aromatic rings. The Morgan fingerprint density at radius 1 is 1.43 bits per heavy atom. The number of aromatic nitrogens is 1. The molecule has 0 aliphatic rings. The van der Waals surface area contributed by atoms with Crippen LogP contribution in [0.5, 0.6) is 0 Å². The summed E-state index contributed by atoms with van der Waals surface area (Å²) in [5, 5.41) is 1.86. The predicted octanol–water partition coefficient (Wildman–Crippen LogP) is 2.84. The van der Waals surface area contributed by atoms with Crippen LogP contribution in [0.1, 0.15) is 5.56 Å². The fourth-order valence-electron chi connectivity index (χ4n) is 1.33. The van der Waals surface area contributed by atoms with E-state index in [1.54, 1.807) is 6.07 Å². The maximum atomic E-state index is 13.2. The highest BCUT2D eigenvalue weighted by molar-refractivity contribution is 7.03. The standard InChI is InChI=1S/C10H9FN2S/c1-6-4-9(12)8(11)5-7(6)10-2-3-14-13-10/h2-5H,12H2,1H3. The first-order valence-electron chi connectivity index (χ1n) is 4.15. The lowest BCUT2D eigenvalue weighted by molar-refractivity contribution is 0.632. The van der Waals surface area contributed by atoms with Crippen LogP contribution in [0, 0.1) is 12.7 Å². The van der Waals surface area contributed by atoms with Crippen LogP contribution in [0.2, 0.25) is 0 Å². The van der Waals surface area contributed by atoms with Gasteiger partial charge >= 0.3 is 0 Å². The number of rotatable bonds is 1. The monoisotopic (exact) mass is 208 g/mol. The van der Waals surface area contributed by atoms with Gasteiger partial charge in [0, 0.05) is 10.9 Å². The van der Waals surface area contributed by atoms with Crippen molar-refractivity contribution >= 4 is 17.2 Å². The fourth-order valence-corrected chi connectivity index (χ4v) is 1.85. The van der Waals surface area contributed by atoms with Crippen LogP contribution in [0.3, 0.4) is 0 Å². The number of nitrogen functional groups attached to an aromatic ring is 1. The van der Waals surface area contributed by atoms with Gasteiger partial charge in [-0.1, -0.05) is 0 Å². The van der Waals surface area contributed by atoms with Gasteiger partial charge in [0.25, 0.3) is 0 Å². The molecule has 0 fully saturated rings. The minimum absolute atomic E-state index is 0.182. The Morgan fingerprint density at radius 3 is 2.86 bits per heavy atom. The maximum absolute atomic E-state index is 13.2. The van der Waals surface area contributed by atoms with Gasteiger partial charge in [-0.3, -0.25) is 0 Å². The molecule has 2 rings (SSSR count). The molecule has 0 radical (unpaired) electrons. The van der Waals surface area contributed by atoms with Crippen LogP contribution >= 0.6 is 11.5 Å². The lowest BCUT2D eigenvalue weighted by Crippen LogP contribution is -1.93. The SMILES string of the molecule is Cc1cc(N)c(F)cc1-c1ccsn1. The molecule has 1 aromatic carbocycles. The van der Waals surface area contributed by atoms with Crippen molar-refractivity contribution in [3.63, 3.8) is 0 Å². The molecule has 72 valence electrons. The van der Waals surface area contributed by atoms with E-state index in [1.807, 2.05) is 18.4 Å². The predicted molar refractivity (Wildman–Crippen MR) is 56.7 cm³/mol. The summed E-state index contributed by atoms with van der Waals surface area (Å²) >= 11 is 1.35. The topological polar surface area (TPSA) is 38.9 Å². The van der Waals surface area contributed by atoms with Crippen molar-refractivity contribution in [1.29, 1.82) is 0 Å². The van der Waals surface area contributed by atoms with Crippen LogP contribution in [-0.2, 0) is 0 Å². The molecule has 14 heavy (non-hydrogen) atoms. The third-order valence-corrected chi connectivity index (χ3v) is 2.62. The smallest absolute Gasteiger partial charge is 0.146 e. The first-order chi connectivity index (χ1) is 6.68. The van der Waals surface area contributed by atoms with E-state index in [1.165, 1.54) is 17.6 Å². The fraction of sp³-hybridized carbons (Fsp3) is 0.100. The molecule has 0 aliphatic heterocycles. The zero-order valence-corrected chi connectivity index (χ0v) is 8.44. The Morgan fingerprint density at radius 2 is 2.21 bits per heavy atom. The third kappa shape index (κ3) is 1.48. The summed E-state index contributed by atoms with van der Waals surface area (Å²) in [7, 11) is 0. The largest absolute Gasteiger partial charge is 0.396 e. The van der Waals surface area contributed by atoms with Gasteiger partial charge in [-0.15, -0.1) is 0 Å². The van der Waals surface area contributed by atoms with Crippen molar-refractivity contribution in [3.05, 3.63) is 35.0 Å². The Labute approximate surface area is 85.4 Å². The molecule has 0 saturated heterocycles. The zero-order valence-electron chi connectivity index (χ0n) is 7.62. The van der Waals surface area contributed by atoms with Crippen LogP contribution < -0.4 is 5.73 Å². The quantitative estimate of drug-likeness (QED) is 0.732. The van der Waals surface area contributed by atoms with Crippen molar-refractivity contribution in [3.8, 4) is 11.3 Å².